The minimum atomic E-state index is 0.0834. The van der Waals surface area contributed by atoms with Crippen molar-refractivity contribution < 1.29 is 4.74 Å². The van der Waals surface area contributed by atoms with E-state index in [1.807, 2.05) is 48.1 Å². The molecule has 118 valence electrons. The molecule has 0 bridgehead atoms. The van der Waals surface area contributed by atoms with Crippen molar-refractivity contribution in [2.75, 3.05) is 13.7 Å². The van der Waals surface area contributed by atoms with Gasteiger partial charge in [0.2, 0.25) is 0 Å². The van der Waals surface area contributed by atoms with Gasteiger partial charge >= 0.3 is 0 Å². The third kappa shape index (κ3) is 3.12. The fraction of sp³-hybridized carbons (Fsp3) is 0.211. The van der Waals surface area contributed by atoms with Gasteiger partial charge in [-0.2, -0.15) is 5.10 Å². The average molecular weight is 307 g/mol. The van der Waals surface area contributed by atoms with E-state index in [1.54, 1.807) is 7.11 Å². The van der Waals surface area contributed by atoms with Gasteiger partial charge in [-0.25, -0.2) is 0 Å². The Morgan fingerprint density at radius 3 is 2.57 bits per heavy atom. The maximum atomic E-state index is 6.06. The van der Waals surface area contributed by atoms with E-state index in [-0.39, 0.29) is 5.92 Å². The van der Waals surface area contributed by atoms with Crippen LogP contribution in [-0.4, -0.2) is 23.4 Å². The van der Waals surface area contributed by atoms with E-state index >= 15 is 0 Å². The molecule has 0 aliphatic carbocycles. The first-order chi connectivity index (χ1) is 11.2. The molecule has 0 saturated heterocycles. The first-order valence-electron chi connectivity index (χ1n) is 7.66. The van der Waals surface area contributed by atoms with E-state index in [0.717, 1.165) is 28.3 Å². The Bertz CT molecular complexity index is 780. The standard InChI is InChI=1S/C19H21N3O/c1-22-19(12-18(21-22)14-7-4-3-5-8-14)17(13-20)15-9-6-10-16(11-15)23-2/h3-12,17H,13,20H2,1-2H3. The quantitative estimate of drug-likeness (QED) is 0.787. The zero-order chi connectivity index (χ0) is 16.2. The molecule has 0 amide bonds. The van der Waals surface area contributed by atoms with Crippen LogP contribution in [-0.2, 0) is 7.05 Å². The summed E-state index contributed by atoms with van der Waals surface area (Å²) in [6.45, 7) is 0.515. The van der Waals surface area contributed by atoms with Crippen LogP contribution in [0.25, 0.3) is 11.3 Å². The molecule has 0 radical (unpaired) electrons. The van der Waals surface area contributed by atoms with E-state index in [4.69, 9.17) is 10.5 Å². The molecule has 4 nitrogen and oxygen atoms in total. The molecule has 1 unspecified atom stereocenters. The Labute approximate surface area is 136 Å². The van der Waals surface area contributed by atoms with Crippen LogP contribution < -0.4 is 10.5 Å². The molecule has 0 aliphatic rings. The fourth-order valence-corrected chi connectivity index (χ4v) is 2.84. The number of methoxy groups -OCH3 is 1. The van der Waals surface area contributed by atoms with Crippen LogP contribution in [0.1, 0.15) is 17.2 Å². The van der Waals surface area contributed by atoms with Gasteiger partial charge in [0.15, 0.2) is 0 Å². The molecule has 0 aliphatic heterocycles. The van der Waals surface area contributed by atoms with E-state index in [0.29, 0.717) is 6.54 Å². The van der Waals surface area contributed by atoms with Crippen LogP contribution in [0.2, 0.25) is 0 Å². The monoisotopic (exact) mass is 307 g/mol. The smallest absolute Gasteiger partial charge is 0.119 e. The molecule has 0 saturated carbocycles. The molecule has 2 N–H and O–H groups in total. The molecule has 0 spiro atoms. The zero-order valence-corrected chi connectivity index (χ0v) is 13.4. The second kappa shape index (κ2) is 6.67. The van der Waals surface area contributed by atoms with Gasteiger partial charge in [0, 0.05) is 30.8 Å². The molecule has 2 aromatic carbocycles. The van der Waals surface area contributed by atoms with Gasteiger partial charge in [0.05, 0.1) is 12.8 Å². The van der Waals surface area contributed by atoms with Crippen molar-refractivity contribution in [2.24, 2.45) is 12.8 Å². The predicted octanol–water partition coefficient (Wildman–Crippen LogP) is 3.19. The van der Waals surface area contributed by atoms with Gasteiger partial charge in [-0.15, -0.1) is 0 Å². The van der Waals surface area contributed by atoms with Gasteiger partial charge in [-0.3, -0.25) is 4.68 Å². The van der Waals surface area contributed by atoms with Crippen molar-refractivity contribution in [2.45, 2.75) is 5.92 Å². The van der Waals surface area contributed by atoms with Gasteiger partial charge in [-0.1, -0.05) is 42.5 Å². The Hall–Kier alpha value is -2.59. The Morgan fingerprint density at radius 2 is 1.87 bits per heavy atom. The number of nitrogens with zero attached hydrogens (tertiary/aromatic N) is 2. The van der Waals surface area contributed by atoms with Gasteiger partial charge in [0.25, 0.3) is 0 Å². The summed E-state index contributed by atoms with van der Waals surface area (Å²) in [5.74, 6) is 0.923. The Kier molecular flexibility index (Phi) is 4.44. The highest BCUT2D eigenvalue weighted by Crippen LogP contribution is 2.29. The number of aryl methyl sites for hydroxylation is 1. The van der Waals surface area contributed by atoms with Gasteiger partial charge in [-0.05, 0) is 23.8 Å². The summed E-state index contributed by atoms with van der Waals surface area (Å²) >= 11 is 0. The van der Waals surface area contributed by atoms with Crippen molar-refractivity contribution >= 4 is 0 Å². The predicted molar refractivity (Wildman–Crippen MR) is 92.5 cm³/mol. The summed E-state index contributed by atoms with van der Waals surface area (Å²) in [6, 6.07) is 20.3. The highest BCUT2D eigenvalue weighted by molar-refractivity contribution is 5.59. The number of hydrogen-bond acceptors (Lipinski definition) is 3. The molecule has 3 rings (SSSR count). The minimum Gasteiger partial charge on any atom is -0.497 e. The van der Waals surface area contributed by atoms with Crippen LogP contribution in [0.5, 0.6) is 5.75 Å². The van der Waals surface area contributed by atoms with Crippen molar-refractivity contribution in [3.8, 4) is 17.0 Å². The summed E-state index contributed by atoms with van der Waals surface area (Å²) in [5, 5.41) is 4.65. The Morgan fingerprint density at radius 1 is 1.09 bits per heavy atom. The molecule has 3 aromatic rings. The van der Waals surface area contributed by atoms with E-state index in [1.165, 1.54) is 0 Å². The number of rotatable bonds is 5. The molecule has 4 heteroatoms. The van der Waals surface area contributed by atoms with Crippen LogP contribution in [0, 0.1) is 0 Å². The summed E-state index contributed by atoms with van der Waals surface area (Å²) in [4.78, 5) is 0. The molecule has 1 aromatic heterocycles. The van der Waals surface area contributed by atoms with Crippen molar-refractivity contribution in [3.05, 3.63) is 71.9 Å². The minimum absolute atomic E-state index is 0.0834. The lowest BCUT2D eigenvalue weighted by Gasteiger charge is -2.16. The molecular weight excluding hydrogens is 286 g/mol. The SMILES string of the molecule is COc1cccc(C(CN)c2cc(-c3ccccc3)nn2C)c1. The molecule has 1 heterocycles. The number of benzene rings is 2. The van der Waals surface area contributed by atoms with Crippen molar-refractivity contribution in [1.82, 2.24) is 9.78 Å². The third-order valence-electron chi connectivity index (χ3n) is 4.07. The number of nitrogens with two attached hydrogens (primary N) is 1. The third-order valence-corrected chi connectivity index (χ3v) is 4.07. The topological polar surface area (TPSA) is 53.1 Å². The normalized spacial score (nSPS) is 12.1. The molecule has 23 heavy (non-hydrogen) atoms. The summed E-state index contributed by atoms with van der Waals surface area (Å²) in [5.41, 5.74) is 10.4. The first kappa shape index (κ1) is 15.3. The van der Waals surface area contributed by atoms with E-state index in [9.17, 15) is 0 Å². The van der Waals surface area contributed by atoms with E-state index in [2.05, 4.69) is 29.4 Å². The second-order valence-electron chi connectivity index (χ2n) is 5.51. The summed E-state index contributed by atoms with van der Waals surface area (Å²) in [6.07, 6.45) is 0. The fourth-order valence-electron chi connectivity index (χ4n) is 2.84. The number of hydrogen-bond donors (Lipinski definition) is 1. The summed E-state index contributed by atoms with van der Waals surface area (Å²) in [7, 11) is 3.64. The van der Waals surface area contributed by atoms with Crippen LogP contribution >= 0.6 is 0 Å². The maximum Gasteiger partial charge on any atom is 0.119 e. The van der Waals surface area contributed by atoms with Crippen molar-refractivity contribution in [3.63, 3.8) is 0 Å². The number of aromatic nitrogens is 2. The molecule has 1 atom stereocenters. The lowest BCUT2D eigenvalue weighted by molar-refractivity contribution is 0.414. The first-order valence-corrected chi connectivity index (χ1v) is 7.66. The highest BCUT2D eigenvalue weighted by atomic mass is 16.5. The average Bonchev–Trinajstić information content (AvgIpc) is 2.98. The second-order valence-corrected chi connectivity index (χ2v) is 5.51. The lowest BCUT2D eigenvalue weighted by atomic mass is 9.95. The number of ether oxygens (including phenoxy) is 1. The van der Waals surface area contributed by atoms with Crippen LogP contribution in [0.3, 0.4) is 0 Å². The Balaban J connectivity index is 2.00. The van der Waals surface area contributed by atoms with Gasteiger partial charge < -0.3 is 10.5 Å². The van der Waals surface area contributed by atoms with Gasteiger partial charge in [0.1, 0.15) is 5.75 Å². The highest BCUT2D eigenvalue weighted by Gasteiger charge is 2.18. The molecule has 0 fully saturated rings. The molecular formula is C19H21N3O. The zero-order valence-electron chi connectivity index (χ0n) is 13.4. The lowest BCUT2D eigenvalue weighted by Crippen LogP contribution is -2.17. The van der Waals surface area contributed by atoms with Crippen LogP contribution in [0.15, 0.2) is 60.7 Å². The van der Waals surface area contributed by atoms with Crippen LogP contribution in [0.4, 0.5) is 0 Å². The largest absolute Gasteiger partial charge is 0.497 e. The summed E-state index contributed by atoms with van der Waals surface area (Å²) < 4.78 is 7.24. The maximum absolute atomic E-state index is 6.06. The van der Waals surface area contributed by atoms with Crippen molar-refractivity contribution in [1.29, 1.82) is 0 Å². The van der Waals surface area contributed by atoms with E-state index < -0.39 is 0 Å².